The van der Waals surface area contributed by atoms with Crippen molar-refractivity contribution >= 4 is 23.9 Å². The highest BCUT2D eigenvalue weighted by Crippen LogP contribution is 2.46. The minimum atomic E-state index is -0.737. The first kappa shape index (κ1) is 41.2. The second-order valence-electron chi connectivity index (χ2n) is 15.5. The SMILES string of the molecule is CC1c2cccc(c2)C(C)c2cc(c(OC(=O)c3ccco3)cc2OC(=O)c2ccco2)C(C)c2cccc(c2)C(C)c2cc1c(OC(=O)c1ccco1)cc2OC(=O)c1ccco1. The Hall–Kier alpha value is -8.12. The van der Waals surface area contributed by atoms with Gasteiger partial charge in [-0.1, -0.05) is 76.2 Å². The van der Waals surface area contributed by atoms with Crippen molar-refractivity contribution in [2.24, 2.45) is 0 Å². The van der Waals surface area contributed by atoms with Crippen LogP contribution in [0.4, 0.5) is 0 Å². The maximum atomic E-state index is 13.5. The monoisotopic (exact) mass is 856 g/mol. The van der Waals surface area contributed by atoms with Crippen molar-refractivity contribution in [1.82, 2.24) is 0 Å². The number of benzene rings is 4. The van der Waals surface area contributed by atoms with Crippen LogP contribution in [0.3, 0.4) is 0 Å². The van der Waals surface area contributed by atoms with Crippen molar-refractivity contribution in [2.45, 2.75) is 51.4 Å². The maximum Gasteiger partial charge on any atom is 0.379 e. The van der Waals surface area contributed by atoms with Gasteiger partial charge in [0.15, 0.2) is 0 Å². The number of hydrogen-bond acceptors (Lipinski definition) is 12. The largest absolute Gasteiger partial charge is 0.457 e. The Morgan fingerprint density at radius 2 is 0.594 bits per heavy atom. The van der Waals surface area contributed by atoms with Crippen molar-refractivity contribution in [2.75, 3.05) is 0 Å². The predicted octanol–water partition coefficient (Wildman–Crippen LogP) is 11.9. The van der Waals surface area contributed by atoms with E-state index in [-0.39, 0.29) is 46.0 Å². The van der Waals surface area contributed by atoms with Crippen LogP contribution in [-0.2, 0) is 0 Å². The number of hydrogen-bond donors (Lipinski definition) is 0. The van der Waals surface area contributed by atoms with E-state index in [0.717, 1.165) is 22.3 Å². The first-order valence-corrected chi connectivity index (χ1v) is 20.6. The van der Waals surface area contributed by atoms with Crippen LogP contribution in [0.5, 0.6) is 23.0 Å². The minimum absolute atomic E-state index is 0.00827. The van der Waals surface area contributed by atoms with Crippen LogP contribution >= 0.6 is 0 Å². The average Bonchev–Trinajstić information content (AvgIpc) is 4.17. The summed E-state index contributed by atoms with van der Waals surface area (Å²) in [6.07, 6.45) is 5.52. The lowest BCUT2D eigenvalue weighted by Gasteiger charge is -2.26. The van der Waals surface area contributed by atoms with Crippen LogP contribution in [0.15, 0.2) is 164 Å². The Balaban J connectivity index is 1.24. The van der Waals surface area contributed by atoms with Crippen molar-refractivity contribution in [1.29, 1.82) is 0 Å². The molecule has 1 aliphatic rings. The maximum absolute atomic E-state index is 13.5. The van der Waals surface area contributed by atoms with Gasteiger partial charge in [-0.05, 0) is 82.9 Å². The van der Waals surface area contributed by atoms with Crippen molar-refractivity contribution < 1.29 is 55.8 Å². The second-order valence-corrected chi connectivity index (χ2v) is 15.5. The van der Waals surface area contributed by atoms with Crippen LogP contribution in [0.25, 0.3) is 0 Å². The molecule has 0 saturated heterocycles. The second kappa shape index (κ2) is 17.3. The van der Waals surface area contributed by atoms with Crippen LogP contribution in [0.2, 0.25) is 0 Å². The zero-order valence-electron chi connectivity index (χ0n) is 35.1. The van der Waals surface area contributed by atoms with Crippen LogP contribution < -0.4 is 18.9 Å². The Morgan fingerprint density at radius 3 is 0.812 bits per heavy atom. The van der Waals surface area contributed by atoms with Gasteiger partial charge in [-0.2, -0.15) is 0 Å². The van der Waals surface area contributed by atoms with E-state index < -0.39 is 47.5 Å². The molecular formula is C52H40O12. The van der Waals surface area contributed by atoms with Crippen LogP contribution in [-0.4, -0.2) is 23.9 Å². The summed E-state index contributed by atoms with van der Waals surface area (Å²) < 4.78 is 45.8. The summed E-state index contributed by atoms with van der Waals surface area (Å²) in [5.74, 6) is -3.95. The summed E-state index contributed by atoms with van der Waals surface area (Å²) in [7, 11) is 0. The molecule has 0 spiro atoms. The molecule has 0 N–H and O–H groups in total. The summed E-state index contributed by atoms with van der Waals surface area (Å²) in [6.45, 7) is 7.98. The number of fused-ring (bicyclic) bond motifs is 8. The van der Waals surface area contributed by atoms with Gasteiger partial charge in [0.05, 0.1) is 25.1 Å². The van der Waals surface area contributed by atoms with Crippen molar-refractivity contribution in [3.8, 4) is 23.0 Å². The molecule has 12 nitrogen and oxygen atoms in total. The molecular weight excluding hydrogens is 817 g/mol. The Morgan fingerprint density at radius 1 is 0.344 bits per heavy atom. The topological polar surface area (TPSA) is 158 Å². The molecule has 1 aliphatic carbocycles. The van der Waals surface area contributed by atoms with Gasteiger partial charge in [-0.3, -0.25) is 0 Å². The number of carbonyl (C=O) groups is 4. The van der Waals surface area contributed by atoms with Gasteiger partial charge in [0, 0.05) is 58.1 Å². The van der Waals surface area contributed by atoms with Gasteiger partial charge in [0.25, 0.3) is 0 Å². The first-order valence-electron chi connectivity index (χ1n) is 20.6. The molecule has 4 atom stereocenters. The van der Waals surface area contributed by atoms with Gasteiger partial charge in [-0.25, -0.2) is 19.2 Å². The number of ether oxygens (including phenoxy) is 4. The van der Waals surface area contributed by atoms with Gasteiger partial charge in [0.2, 0.25) is 23.0 Å². The average molecular weight is 857 g/mol. The molecule has 8 aromatic rings. The Kier molecular flexibility index (Phi) is 11.2. The van der Waals surface area contributed by atoms with Crippen molar-refractivity contribution in [3.05, 3.63) is 214 Å². The fourth-order valence-electron chi connectivity index (χ4n) is 7.99. The van der Waals surface area contributed by atoms with E-state index in [1.807, 2.05) is 88.4 Å². The summed E-state index contributed by atoms with van der Waals surface area (Å²) >= 11 is 0. The molecule has 0 aliphatic heterocycles. The third-order valence-corrected chi connectivity index (χ3v) is 11.7. The number of esters is 4. The highest BCUT2D eigenvalue weighted by molar-refractivity contribution is 5.91. The molecule has 64 heavy (non-hydrogen) atoms. The fourth-order valence-corrected chi connectivity index (χ4v) is 7.99. The normalized spacial score (nSPS) is 16.7. The van der Waals surface area contributed by atoms with Crippen LogP contribution in [0, 0.1) is 0 Å². The van der Waals surface area contributed by atoms with Crippen LogP contribution in [0.1, 0.15) is 138 Å². The molecule has 4 aromatic carbocycles. The lowest BCUT2D eigenvalue weighted by molar-refractivity contribution is 0.0678. The zero-order chi connectivity index (χ0) is 44.5. The van der Waals surface area contributed by atoms with Gasteiger partial charge >= 0.3 is 23.9 Å². The lowest BCUT2D eigenvalue weighted by Crippen LogP contribution is -2.15. The molecule has 12 heteroatoms. The lowest BCUT2D eigenvalue weighted by atomic mass is 9.81. The first-order chi connectivity index (χ1) is 31.0. The van der Waals surface area contributed by atoms with Crippen molar-refractivity contribution in [3.63, 3.8) is 0 Å². The van der Waals surface area contributed by atoms with Gasteiger partial charge < -0.3 is 36.6 Å². The fraction of sp³-hybridized carbons (Fsp3) is 0.154. The summed E-state index contributed by atoms with van der Waals surface area (Å²) in [6, 6.07) is 35.2. The zero-order valence-corrected chi connectivity index (χ0v) is 35.1. The van der Waals surface area contributed by atoms with Gasteiger partial charge in [-0.15, -0.1) is 0 Å². The highest BCUT2D eigenvalue weighted by Gasteiger charge is 2.30. The summed E-state index contributed by atoms with van der Waals surface area (Å²) in [4.78, 5) is 54.1. The van der Waals surface area contributed by atoms with E-state index in [2.05, 4.69) is 0 Å². The van der Waals surface area contributed by atoms with E-state index in [1.165, 1.54) is 49.3 Å². The number of furan rings is 4. The van der Waals surface area contributed by atoms with E-state index in [4.69, 9.17) is 36.6 Å². The third kappa shape index (κ3) is 8.16. The predicted molar refractivity (Wildman–Crippen MR) is 231 cm³/mol. The van der Waals surface area contributed by atoms with E-state index in [1.54, 1.807) is 36.4 Å². The molecule has 4 aromatic heterocycles. The number of rotatable bonds is 8. The van der Waals surface area contributed by atoms with Gasteiger partial charge in [0.1, 0.15) is 23.0 Å². The van der Waals surface area contributed by atoms with E-state index in [9.17, 15) is 19.2 Å². The molecule has 0 fully saturated rings. The van der Waals surface area contributed by atoms with E-state index in [0.29, 0.717) is 22.3 Å². The molecule has 4 heterocycles. The third-order valence-electron chi connectivity index (χ3n) is 11.7. The smallest absolute Gasteiger partial charge is 0.379 e. The quantitative estimate of drug-likeness (QED) is 0.105. The standard InChI is InChI=1S/C52H40O12/c1-29-33-11-5-12-34(23-33)30(2)39-26-40(48(64-52(56)44-18-10-22-60-44)28-47(39)63-51(55)43-17-9-21-59-43)32(4)36-14-6-13-35(24-36)31(3)38-25-37(29)45(61-49(53)41-15-7-19-57-41)27-46(38)62-50(54)42-16-8-20-58-42/h5-32H,1-4H3. The molecule has 8 bridgehead atoms. The minimum Gasteiger partial charge on any atom is -0.457 e. The molecule has 0 saturated carbocycles. The van der Waals surface area contributed by atoms with E-state index >= 15 is 0 Å². The molecule has 0 radical (unpaired) electrons. The number of carbonyl (C=O) groups excluding carboxylic acids is 4. The summed E-state index contributed by atoms with van der Waals surface area (Å²) in [5.41, 5.74) is 5.99. The highest BCUT2D eigenvalue weighted by atomic mass is 16.6. The molecule has 4 unspecified atom stereocenters. The molecule has 0 amide bonds. The Labute approximate surface area is 366 Å². The Bertz CT molecular complexity index is 2590. The molecule has 320 valence electrons. The molecule has 9 rings (SSSR count). The summed E-state index contributed by atoms with van der Waals surface area (Å²) in [5, 5.41) is 0.